The predicted octanol–water partition coefficient (Wildman–Crippen LogP) is 2.87. The van der Waals surface area contributed by atoms with Gasteiger partial charge in [-0.15, -0.1) is 0 Å². The molecule has 0 aliphatic carbocycles. The van der Waals surface area contributed by atoms with Crippen molar-refractivity contribution in [2.45, 2.75) is 10.2 Å². The largest absolute Gasteiger partial charge is 0.440 e. The first-order chi connectivity index (χ1) is 6.34. The number of nitrogens with zero attached hydrogens (tertiary/aromatic N) is 2. The molecule has 66 valence electrons. The van der Waals surface area contributed by atoms with E-state index in [2.05, 4.69) is 9.97 Å². The standard InChI is InChI=1S/C8H5ClN2OS/c9-6-1-2-7(11-5-6)13-8-10-3-4-12-8/h1-5H. The van der Waals surface area contributed by atoms with E-state index in [0.717, 1.165) is 5.03 Å². The molecule has 2 aromatic heterocycles. The Morgan fingerprint density at radius 3 is 2.85 bits per heavy atom. The van der Waals surface area contributed by atoms with E-state index in [9.17, 15) is 0 Å². The second-order valence-electron chi connectivity index (χ2n) is 2.21. The van der Waals surface area contributed by atoms with Gasteiger partial charge in [0.25, 0.3) is 5.22 Å². The van der Waals surface area contributed by atoms with Crippen LogP contribution in [0.2, 0.25) is 5.02 Å². The lowest BCUT2D eigenvalue weighted by molar-refractivity contribution is 0.454. The van der Waals surface area contributed by atoms with Gasteiger partial charge < -0.3 is 4.42 Å². The van der Waals surface area contributed by atoms with Gasteiger partial charge in [0.15, 0.2) is 0 Å². The molecule has 2 rings (SSSR count). The summed E-state index contributed by atoms with van der Waals surface area (Å²) in [7, 11) is 0. The Balaban J connectivity index is 2.15. The monoisotopic (exact) mass is 212 g/mol. The Bertz CT molecular complexity index is 374. The molecule has 2 aromatic rings. The first-order valence-electron chi connectivity index (χ1n) is 3.53. The summed E-state index contributed by atoms with van der Waals surface area (Å²) in [5.74, 6) is 0. The van der Waals surface area contributed by atoms with E-state index in [1.807, 2.05) is 6.07 Å². The zero-order valence-electron chi connectivity index (χ0n) is 6.48. The van der Waals surface area contributed by atoms with Crippen molar-refractivity contribution in [2.24, 2.45) is 0 Å². The molecular weight excluding hydrogens is 208 g/mol. The second kappa shape index (κ2) is 3.81. The van der Waals surface area contributed by atoms with Crippen LogP contribution in [0.25, 0.3) is 0 Å². The van der Waals surface area contributed by atoms with Gasteiger partial charge in [0.1, 0.15) is 11.3 Å². The van der Waals surface area contributed by atoms with Crippen LogP contribution >= 0.6 is 23.4 Å². The Morgan fingerprint density at radius 1 is 1.31 bits per heavy atom. The molecule has 0 aliphatic rings. The van der Waals surface area contributed by atoms with Crippen molar-refractivity contribution >= 4 is 23.4 Å². The van der Waals surface area contributed by atoms with Crippen LogP contribution in [0.3, 0.4) is 0 Å². The molecule has 0 fully saturated rings. The topological polar surface area (TPSA) is 38.9 Å². The summed E-state index contributed by atoms with van der Waals surface area (Å²) in [6, 6.07) is 3.59. The first-order valence-corrected chi connectivity index (χ1v) is 4.73. The molecule has 0 saturated carbocycles. The van der Waals surface area contributed by atoms with Gasteiger partial charge in [-0.25, -0.2) is 9.97 Å². The van der Waals surface area contributed by atoms with Gasteiger partial charge in [-0.05, 0) is 23.9 Å². The first kappa shape index (κ1) is 8.59. The Labute approximate surface area is 84.1 Å². The maximum absolute atomic E-state index is 5.68. The van der Waals surface area contributed by atoms with Crippen molar-refractivity contribution in [3.8, 4) is 0 Å². The number of hydrogen-bond acceptors (Lipinski definition) is 4. The minimum Gasteiger partial charge on any atom is -0.440 e. The van der Waals surface area contributed by atoms with Gasteiger partial charge in [0.2, 0.25) is 0 Å². The van der Waals surface area contributed by atoms with Crippen LogP contribution < -0.4 is 0 Å². The van der Waals surface area contributed by atoms with Crippen molar-refractivity contribution in [3.63, 3.8) is 0 Å². The van der Waals surface area contributed by atoms with Crippen molar-refractivity contribution in [1.82, 2.24) is 9.97 Å². The summed E-state index contributed by atoms with van der Waals surface area (Å²) in [6.07, 6.45) is 4.71. The van der Waals surface area contributed by atoms with Crippen LogP contribution in [0, 0.1) is 0 Å². The Morgan fingerprint density at radius 2 is 2.23 bits per heavy atom. The van der Waals surface area contributed by atoms with Crippen molar-refractivity contribution in [1.29, 1.82) is 0 Å². The van der Waals surface area contributed by atoms with Gasteiger partial charge in [0.05, 0.1) is 11.2 Å². The molecule has 5 heteroatoms. The fourth-order valence-corrected chi connectivity index (χ4v) is 1.52. The summed E-state index contributed by atoms with van der Waals surface area (Å²) < 4.78 is 5.05. The minimum absolute atomic E-state index is 0.579. The Kier molecular flexibility index (Phi) is 2.52. The molecule has 0 radical (unpaired) electrons. The van der Waals surface area contributed by atoms with Crippen LogP contribution in [0.5, 0.6) is 0 Å². The molecule has 0 unspecified atom stereocenters. The predicted molar refractivity (Wildman–Crippen MR) is 49.9 cm³/mol. The third kappa shape index (κ3) is 2.23. The zero-order chi connectivity index (χ0) is 9.10. The highest BCUT2D eigenvalue weighted by molar-refractivity contribution is 7.99. The lowest BCUT2D eigenvalue weighted by atomic mass is 10.5. The lowest BCUT2D eigenvalue weighted by Crippen LogP contribution is -1.78. The quantitative estimate of drug-likeness (QED) is 0.768. The molecule has 2 heterocycles. The van der Waals surface area contributed by atoms with Gasteiger partial charge >= 0.3 is 0 Å². The summed E-state index contributed by atoms with van der Waals surface area (Å²) in [5.41, 5.74) is 0. The number of halogens is 1. The molecular formula is C8H5ClN2OS. The second-order valence-corrected chi connectivity index (χ2v) is 3.62. The maximum atomic E-state index is 5.68. The highest BCUT2D eigenvalue weighted by atomic mass is 35.5. The lowest BCUT2D eigenvalue weighted by Gasteiger charge is -1.94. The van der Waals surface area contributed by atoms with Crippen LogP contribution in [0.15, 0.2) is 45.5 Å². The van der Waals surface area contributed by atoms with Crippen molar-refractivity contribution in [2.75, 3.05) is 0 Å². The van der Waals surface area contributed by atoms with Crippen LogP contribution in [0.4, 0.5) is 0 Å². The summed E-state index contributed by atoms with van der Waals surface area (Å²) in [5, 5.41) is 2.01. The van der Waals surface area contributed by atoms with E-state index < -0.39 is 0 Å². The van der Waals surface area contributed by atoms with E-state index in [1.165, 1.54) is 18.0 Å². The van der Waals surface area contributed by atoms with Crippen molar-refractivity contribution in [3.05, 3.63) is 35.8 Å². The van der Waals surface area contributed by atoms with Gasteiger partial charge in [-0.2, -0.15) is 0 Å². The molecule has 0 bridgehead atoms. The van der Waals surface area contributed by atoms with Crippen molar-refractivity contribution < 1.29 is 4.42 Å². The van der Waals surface area contributed by atoms with E-state index in [1.54, 1.807) is 18.5 Å². The number of hydrogen-bond donors (Lipinski definition) is 0. The van der Waals surface area contributed by atoms with Gasteiger partial charge in [-0.3, -0.25) is 0 Å². The molecule has 0 amide bonds. The number of aromatic nitrogens is 2. The fourth-order valence-electron chi connectivity index (χ4n) is 0.773. The molecule has 13 heavy (non-hydrogen) atoms. The molecule has 0 N–H and O–H groups in total. The SMILES string of the molecule is Clc1ccc(Sc2ncco2)nc1. The fraction of sp³-hybridized carbons (Fsp3) is 0. The number of pyridine rings is 1. The minimum atomic E-state index is 0.579. The van der Waals surface area contributed by atoms with E-state index in [4.69, 9.17) is 16.0 Å². The van der Waals surface area contributed by atoms with E-state index >= 15 is 0 Å². The third-order valence-corrected chi connectivity index (χ3v) is 2.35. The van der Waals surface area contributed by atoms with E-state index in [0.29, 0.717) is 10.2 Å². The van der Waals surface area contributed by atoms with Crippen LogP contribution in [-0.4, -0.2) is 9.97 Å². The molecule has 0 aromatic carbocycles. The van der Waals surface area contributed by atoms with E-state index in [-0.39, 0.29) is 0 Å². The molecule has 0 spiro atoms. The average Bonchev–Trinajstić information content (AvgIpc) is 2.62. The van der Waals surface area contributed by atoms with Gasteiger partial charge in [0, 0.05) is 6.20 Å². The molecule has 0 aliphatic heterocycles. The maximum Gasteiger partial charge on any atom is 0.261 e. The molecule has 0 atom stereocenters. The summed E-state index contributed by atoms with van der Waals surface area (Å²) >= 11 is 7.04. The summed E-state index contributed by atoms with van der Waals surface area (Å²) in [6.45, 7) is 0. The van der Waals surface area contributed by atoms with Gasteiger partial charge in [-0.1, -0.05) is 11.6 Å². The zero-order valence-corrected chi connectivity index (χ0v) is 8.05. The third-order valence-electron chi connectivity index (χ3n) is 1.30. The van der Waals surface area contributed by atoms with Crippen LogP contribution in [0.1, 0.15) is 0 Å². The highest BCUT2D eigenvalue weighted by Crippen LogP contribution is 2.24. The smallest absolute Gasteiger partial charge is 0.261 e. The summed E-state index contributed by atoms with van der Waals surface area (Å²) in [4.78, 5) is 8.04. The normalized spacial score (nSPS) is 10.2. The molecule has 0 saturated heterocycles. The number of oxazole rings is 1. The molecule has 3 nitrogen and oxygen atoms in total. The number of rotatable bonds is 2. The highest BCUT2D eigenvalue weighted by Gasteiger charge is 2.01. The Hall–Kier alpha value is -1.00. The van der Waals surface area contributed by atoms with Crippen LogP contribution in [-0.2, 0) is 0 Å². The average molecular weight is 213 g/mol.